The molecule has 1 aliphatic heterocycles. The summed E-state index contributed by atoms with van der Waals surface area (Å²) < 4.78 is 5.68. The van der Waals surface area contributed by atoms with Gasteiger partial charge in [-0.2, -0.15) is 0 Å². The van der Waals surface area contributed by atoms with Gasteiger partial charge in [-0.25, -0.2) is 0 Å². The topological polar surface area (TPSA) is 50.4 Å². The first kappa shape index (κ1) is 15.8. The van der Waals surface area contributed by atoms with Crippen LogP contribution in [0.5, 0.6) is 5.75 Å². The second kappa shape index (κ2) is 6.94. The van der Waals surface area contributed by atoms with Crippen LogP contribution in [0.1, 0.15) is 30.9 Å². The molecule has 4 nitrogen and oxygen atoms in total. The van der Waals surface area contributed by atoms with Crippen LogP contribution in [0.2, 0.25) is 0 Å². The summed E-state index contributed by atoms with van der Waals surface area (Å²) in [5.41, 5.74) is 2.33. The zero-order chi connectivity index (χ0) is 15.3. The number of nitrogens with one attached hydrogen (secondary N) is 2. The van der Waals surface area contributed by atoms with Crippen molar-refractivity contribution in [1.29, 1.82) is 0 Å². The monoisotopic (exact) mass is 290 g/mol. The van der Waals surface area contributed by atoms with Gasteiger partial charge in [0.1, 0.15) is 5.75 Å². The van der Waals surface area contributed by atoms with Crippen molar-refractivity contribution in [2.75, 3.05) is 26.2 Å². The van der Waals surface area contributed by atoms with Crippen LogP contribution in [-0.2, 0) is 4.79 Å². The maximum absolute atomic E-state index is 12.0. The second-order valence-electron chi connectivity index (χ2n) is 6.35. The Bertz CT molecular complexity index is 473. The summed E-state index contributed by atoms with van der Waals surface area (Å²) in [6.45, 7) is 9.10. The Labute approximate surface area is 127 Å². The Hall–Kier alpha value is -1.55. The highest BCUT2D eigenvalue weighted by Gasteiger charge is 2.27. The molecule has 0 aliphatic carbocycles. The number of carbonyl (C=O) groups excluding carboxylic acids is 1. The molecule has 116 valence electrons. The fraction of sp³-hybridized carbons (Fsp3) is 0.588. The lowest BCUT2D eigenvalue weighted by atomic mass is 9.81. The molecule has 1 aliphatic rings. The average Bonchev–Trinajstić information content (AvgIpc) is 2.45. The van der Waals surface area contributed by atoms with Crippen LogP contribution in [0.25, 0.3) is 0 Å². The first-order valence-electron chi connectivity index (χ1n) is 7.67. The van der Waals surface area contributed by atoms with Gasteiger partial charge in [-0.15, -0.1) is 0 Å². The third-order valence-electron chi connectivity index (χ3n) is 4.28. The predicted molar refractivity (Wildman–Crippen MR) is 84.6 cm³/mol. The average molecular weight is 290 g/mol. The van der Waals surface area contributed by atoms with E-state index < -0.39 is 0 Å². The summed E-state index contributed by atoms with van der Waals surface area (Å²) in [6, 6.07) is 5.99. The number of benzene rings is 1. The summed E-state index contributed by atoms with van der Waals surface area (Å²) in [4.78, 5) is 12.0. The number of amides is 1. The van der Waals surface area contributed by atoms with E-state index in [1.165, 1.54) is 0 Å². The van der Waals surface area contributed by atoms with E-state index in [9.17, 15) is 4.79 Å². The standard InChI is InChI=1S/C17H26N2O2/c1-13-5-4-6-14(2)16(13)21-11-15(20)19-12-17(3)7-9-18-10-8-17/h4-6,18H,7-12H2,1-3H3,(H,19,20). The third-order valence-corrected chi connectivity index (χ3v) is 4.28. The van der Waals surface area contributed by atoms with E-state index in [-0.39, 0.29) is 17.9 Å². The normalized spacial score (nSPS) is 17.3. The highest BCUT2D eigenvalue weighted by Crippen LogP contribution is 2.26. The van der Waals surface area contributed by atoms with E-state index in [0.29, 0.717) is 0 Å². The zero-order valence-corrected chi connectivity index (χ0v) is 13.3. The molecule has 0 radical (unpaired) electrons. The van der Waals surface area contributed by atoms with Gasteiger partial charge in [-0.1, -0.05) is 25.1 Å². The minimum Gasteiger partial charge on any atom is -0.483 e. The van der Waals surface area contributed by atoms with E-state index in [0.717, 1.165) is 49.4 Å². The van der Waals surface area contributed by atoms with Crippen molar-refractivity contribution in [2.45, 2.75) is 33.6 Å². The quantitative estimate of drug-likeness (QED) is 0.874. The molecule has 1 amide bonds. The van der Waals surface area contributed by atoms with Gasteiger partial charge in [0, 0.05) is 6.54 Å². The van der Waals surface area contributed by atoms with E-state index in [4.69, 9.17) is 4.74 Å². The van der Waals surface area contributed by atoms with Gasteiger partial charge in [-0.3, -0.25) is 4.79 Å². The van der Waals surface area contributed by atoms with Gasteiger partial charge in [0.05, 0.1) is 0 Å². The van der Waals surface area contributed by atoms with Crippen molar-refractivity contribution in [3.05, 3.63) is 29.3 Å². The molecular formula is C17H26N2O2. The molecule has 1 fully saturated rings. The fourth-order valence-electron chi connectivity index (χ4n) is 2.73. The lowest BCUT2D eigenvalue weighted by Crippen LogP contribution is -2.43. The summed E-state index contributed by atoms with van der Waals surface area (Å²) in [7, 11) is 0. The molecule has 2 rings (SSSR count). The molecule has 0 saturated carbocycles. The van der Waals surface area contributed by atoms with Crippen LogP contribution >= 0.6 is 0 Å². The van der Waals surface area contributed by atoms with Crippen LogP contribution in [-0.4, -0.2) is 32.1 Å². The number of rotatable bonds is 5. The number of ether oxygens (including phenoxy) is 1. The van der Waals surface area contributed by atoms with Gasteiger partial charge >= 0.3 is 0 Å². The Balaban J connectivity index is 1.80. The molecule has 0 aromatic heterocycles. The summed E-state index contributed by atoms with van der Waals surface area (Å²) in [5, 5.41) is 6.36. The minimum absolute atomic E-state index is 0.0441. The predicted octanol–water partition coefficient (Wildman–Crippen LogP) is 2.19. The van der Waals surface area contributed by atoms with Gasteiger partial charge in [0.15, 0.2) is 6.61 Å². The number of aryl methyl sites for hydroxylation is 2. The Morgan fingerprint density at radius 2 is 1.90 bits per heavy atom. The molecule has 21 heavy (non-hydrogen) atoms. The Kier molecular flexibility index (Phi) is 5.23. The van der Waals surface area contributed by atoms with Crippen LogP contribution in [0, 0.1) is 19.3 Å². The van der Waals surface area contributed by atoms with Crippen LogP contribution < -0.4 is 15.4 Å². The Morgan fingerprint density at radius 1 is 1.29 bits per heavy atom. The van der Waals surface area contributed by atoms with Crippen molar-refractivity contribution in [3.8, 4) is 5.75 Å². The molecule has 1 saturated heterocycles. The Morgan fingerprint density at radius 3 is 2.52 bits per heavy atom. The molecule has 0 spiro atoms. The first-order valence-corrected chi connectivity index (χ1v) is 7.67. The van der Waals surface area contributed by atoms with Crippen molar-refractivity contribution in [3.63, 3.8) is 0 Å². The largest absolute Gasteiger partial charge is 0.483 e. The number of para-hydroxylation sites is 1. The number of piperidine rings is 1. The lowest BCUT2D eigenvalue weighted by Gasteiger charge is -2.34. The molecule has 0 atom stereocenters. The summed E-state index contributed by atoms with van der Waals surface area (Å²) in [6.07, 6.45) is 2.20. The van der Waals surface area contributed by atoms with Gasteiger partial charge < -0.3 is 15.4 Å². The maximum atomic E-state index is 12.0. The second-order valence-corrected chi connectivity index (χ2v) is 6.35. The zero-order valence-electron chi connectivity index (χ0n) is 13.3. The minimum atomic E-state index is -0.0441. The van der Waals surface area contributed by atoms with Gasteiger partial charge in [0.25, 0.3) is 5.91 Å². The molecule has 0 unspecified atom stereocenters. The summed E-state index contributed by atoms with van der Waals surface area (Å²) >= 11 is 0. The molecule has 4 heteroatoms. The van der Waals surface area contributed by atoms with Crippen molar-refractivity contribution < 1.29 is 9.53 Å². The molecule has 1 heterocycles. The van der Waals surface area contributed by atoms with E-state index >= 15 is 0 Å². The van der Waals surface area contributed by atoms with Gasteiger partial charge in [-0.05, 0) is 56.3 Å². The van der Waals surface area contributed by atoms with Crippen LogP contribution in [0.4, 0.5) is 0 Å². The van der Waals surface area contributed by atoms with Crippen molar-refractivity contribution in [1.82, 2.24) is 10.6 Å². The van der Waals surface area contributed by atoms with Crippen molar-refractivity contribution in [2.24, 2.45) is 5.41 Å². The highest BCUT2D eigenvalue weighted by atomic mass is 16.5. The number of hydrogen-bond acceptors (Lipinski definition) is 3. The van der Waals surface area contributed by atoms with Crippen molar-refractivity contribution >= 4 is 5.91 Å². The molecule has 2 N–H and O–H groups in total. The van der Waals surface area contributed by atoms with E-state index in [2.05, 4.69) is 17.6 Å². The lowest BCUT2D eigenvalue weighted by molar-refractivity contribution is -0.123. The number of carbonyl (C=O) groups is 1. The summed E-state index contributed by atoms with van der Waals surface area (Å²) in [5.74, 6) is 0.776. The fourth-order valence-corrected chi connectivity index (χ4v) is 2.73. The van der Waals surface area contributed by atoms with Crippen LogP contribution in [0.3, 0.4) is 0 Å². The molecule has 1 aromatic carbocycles. The third kappa shape index (κ3) is 4.46. The van der Waals surface area contributed by atoms with Crippen LogP contribution in [0.15, 0.2) is 18.2 Å². The highest BCUT2D eigenvalue weighted by molar-refractivity contribution is 5.77. The number of hydrogen-bond donors (Lipinski definition) is 2. The SMILES string of the molecule is Cc1cccc(C)c1OCC(=O)NCC1(C)CCNCC1. The molecular weight excluding hydrogens is 264 g/mol. The smallest absolute Gasteiger partial charge is 0.257 e. The van der Waals surface area contributed by atoms with E-state index in [1.54, 1.807) is 0 Å². The maximum Gasteiger partial charge on any atom is 0.257 e. The van der Waals surface area contributed by atoms with Gasteiger partial charge in [0.2, 0.25) is 0 Å². The molecule has 1 aromatic rings. The first-order chi connectivity index (χ1) is 10.0. The molecule has 0 bridgehead atoms. The van der Waals surface area contributed by atoms with E-state index in [1.807, 2.05) is 32.0 Å².